The first kappa shape index (κ1) is 19.3. The van der Waals surface area contributed by atoms with Crippen LogP contribution in [0, 0.1) is 0 Å². The molecule has 21 heavy (non-hydrogen) atoms. The van der Waals surface area contributed by atoms with Crippen molar-refractivity contribution < 1.29 is 17.5 Å². The average molecular weight is 318 g/mol. The second-order valence-electron chi connectivity index (χ2n) is 4.66. The van der Waals surface area contributed by atoms with Crippen LogP contribution in [0.2, 0.25) is 0 Å². The highest BCUT2D eigenvalue weighted by Gasteiger charge is 1.91. The summed E-state index contributed by atoms with van der Waals surface area (Å²) in [5.74, 6) is 0. The van der Waals surface area contributed by atoms with Gasteiger partial charge in [-0.25, -0.2) is 9.97 Å². The molecule has 0 amide bonds. The molecule has 2 aromatic heterocycles. The molecule has 0 fully saturated rings. The molecule has 2 N–H and O–H groups in total. The van der Waals surface area contributed by atoms with Gasteiger partial charge in [-0.1, -0.05) is 0 Å². The van der Waals surface area contributed by atoms with Crippen LogP contribution in [-0.4, -0.2) is 36.6 Å². The van der Waals surface area contributed by atoms with Crippen molar-refractivity contribution >= 4 is 10.4 Å². The molecule has 2 rings (SSSR count). The zero-order chi connectivity index (χ0) is 16.5. The van der Waals surface area contributed by atoms with Gasteiger partial charge in [-0.3, -0.25) is 9.11 Å². The molecule has 0 bridgehead atoms. The van der Waals surface area contributed by atoms with Gasteiger partial charge < -0.3 is 9.13 Å². The van der Waals surface area contributed by atoms with Crippen LogP contribution in [-0.2, 0) is 10.4 Å². The Hall–Kier alpha value is -1.71. The van der Waals surface area contributed by atoms with Gasteiger partial charge in [0.25, 0.3) is 0 Å². The predicted molar refractivity (Wildman–Crippen MR) is 79.4 cm³/mol. The smallest absolute Gasteiger partial charge is 0.335 e. The van der Waals surface area contributed by atoms with E-state index >= 15 is 0 Å². The Bertz CT molecular complexity index is 516. The fourth-order valence-electron chi connectivity index (χ4n) is 1.15. The average Bonchev–Trinajstić information content (AvgIpc) is 3.02. The number of rotatable bonds is 2. The van der Waals surface area contributed by atoms with Crippen molar-refractivity contribution in [3.05, 3.63) is 37.4 Å². The minimum absolute atomic E-state index is 0.539. The molecule has 0 radical (unpaired) electrons. The van der Waals surface area contributed by atoms with Crippen LogP contribution in [0.3, 0.4) is 0 Å². The van der Waals surface area contributed by atoms with E-state index in [1.54, 1.807) is 12.4 Å². The van der Waals surface area contributed by atoms with Gasteiger partial charge in [0.05, 0.1) is 12.7 Å². The van der Waals surface area contributed by atoms with Crippen LogP contribution >= 0.6 is 0 Å². The van der Waals surface area contributed by atoms with E-state index in [-0.39, 0.29) is 0 Å². The van der Waals surface area contributed by atoms with E-state index in [0.717, 1.165) is 0 Å². The number of hydrogen-bond donors (Lipinski definition) is 2. The van der Waals surface area contributed by atoms with Crippen molar-refractivity contribution in [3.8, 4) is 0 Å². The third-order valence-electron chi connectivity index (χ3n) is 2.24. The second kappa shape index (κ2) is 9.27. The molecule has 0 atom stereocenters. The van der Waals surface area contributed by atoms with E-state index in [2.05, 4.69) is 46.8 Å². The van der Waals surface area contributed by atoms with Crippen molar-refractivity contribution in [2.24, 2.45) is 0 Å². The van der Waals surface area contributed by atoms with Crippen molar-refractivity contribution in [1.29, 1.82) is 0 Å². The number of nitrogens with zero attached hydrogens (tertiary/aromatic N) is 4. The van der Waals surface area contributed by atoms with Gasteiger partial charge in [0, 0.05) is 36.9 Å². The molecular weight excluding hydrogens is 296 g/mol. The molecule has 8 nitrogen and oxygen atoms in total. The summed E-state index contributed by atoms with van der Waals surface area (Å²) in [7, 11) is -4.67. The molecule has 0 spiro atoms. The van der Waals surface area contributed by atoms with Gasteiger partial charge in [-0.05, 0) is 27.7 Å². The maximum atomic E-state index is 8.74. The fourth-order valence-corrected chi connectivity index (χ4v) is 1.15. The lowest BCUT2D eigenvalue weighted by Crippen LogP contribution is -1.95. The fraction of sp³-hybridized carbons (Fsp3) is 0.500. The molecule has 0 aliphatic rings. The quantitative estimate of drug-likeness (QED) is 0.822. The summed E-state index contributed by atoms with van der Waals surface area (Å²) in [5, 5.41) is 0. The summed E-state index contributed by atoms with van der Waals surface area (Å²) >= 11 is 0. The van der Waals surface area contributed by atoms with Crippen LogP contribution in [0.1, 0.15) is 39.8 Å². The van der Waals surface area contributed by atoms with Gasteiger partial charge in [0.1, 0.15) is 0 Å². The lowest BCUT2D eigenvalue weighted by molar-refractivity contribution is 0.381. The molecule has 0 aromatic carbocycles. The molecule has 9 heteroatoms. The lowest BCUT2D eigenvalue weighted by atomic mass is 10.4. The monoisotopic (exact) mass is 318 g/mol. The minimum Gasteiger partial charge on any atom is -0.335 e. The zero-order valence-electron chi connectivity index (χ0n) is 12.5. The molecule has 2 aromatic rings. The maximum absolute atomic E-state index is 8.74. The summed E-state index contributed by atoms with van der Waals surface area (Å²) in [6.45, 7) is 8.51. The Kier molecular flexibility index (Phi) is 8.51. The van der Waals surface area contributed by atoms with Gasteiger partial charge in [-0.15, -0.1) is 0 Å². The minimum atomic E-state index is -4.67. The Morgan fingerprint density at radius 2 is 1.14 bits per heavy atom. The Morgan fingerprint density at radius 3 is 1.24 bits per heavy atom. The molecule has 0 unspecified atom stereocenters. The lowest BCUT2D eigenvalue weighted by Gasteiger charge is -2.02. The first-order valence-electron chi connectivity index (χ1n) is 6.26. The van der Waals surface area contributed by atoms with E-state index < -0.39 is 10.4 Å². The Balaban J connectivity index is 0.000000296. The Morgan fingerprint density at radius 1 is 0.857 bits per heavy atom. The van der Waals surface area contributed by atoms with Crippen molar-refractivity contribution in [3.63, 3.8) is 0 Å². The molecule has 120 valence electrons. The number of imidazole rings is 2. The predicted octanol–water partition coefficient (Wildman–Crippen LogP) is 2.28. The van der Waals surface area contributed by atoms with Crippen LogP contribution in [0.5, 0.6) is 0 Å². The van der Waals surface area contributed by atoms with E-state index in [9.17, 15) is 0 Å². The molecule has 0 saturated carbocycles. The van der Waals surface area contributed by atoms with Crippen molar-refractivity contribution in [2.75, 3.05) is 0 Å². The van der Waals surface area contributed by atoms with Crippen molar-refractivity contribution in [1.82, 2.24) is 19.1 Å². The molecule has 0 aliphatic heterocycles. The van der Waals surface area contributed by atoms with Gasteiger partial charge >= 0.3 is 10.4 Å². The highest BCUT2D eigenvalue weighted by Crippen LogP contribution is 2.00. The number of hydrogen-bond acceptors (Lipinski definition) is 4. The normalized spacial score (nSPS) is 10.7. The summed E-state index contributed by atoms with van der Waals surface area (Å²) in [5.41, 5.74) is 0. The summed E-state index contributed by atoms with van der Waals surface area (Å²) < 4.78 is 35.7. The number of aromatic nitrogens is 4. The van der Waals surface area contributed by atoms with Crippen LogP contribution in [0.15, 0.2) is 37.4 Å². The highest BCUT2D eigenvalue weighted by atomic mass is 32.3. The highest BCUT2D eigenvalue weighted by molar-refractivity contribution is 7.79. The molecule has 2 heterocycles. The van der Waals surface area contributed by atoms with E-state index in [1.807, 2.05) is 25.0 Å². The topological polar surface area (TPSA) is 110 Å². The molecule has 0 saturated heterocycles. The summed E-state index contributed by atoms with van der Waals surface area (Å²) in [4.78, 5) is 7.81. The maximum Gasteiger partial charge on any atom is 0.394 e. The van der Waals surface area contributed by atoms with Crippen LogP contribution in [0.4, 0.5) is 0 Å². The standard InChI is InChI=1S/2C6H10N2.H2O4S/c2*1-6(2)8-4-3-7-5-8;1-5(2,3)4/h2*3-6H,1-2H3;(H2,1,2,3,4). The van der Waals surface area contributed by atoms with E-state index in [0.29, 0.717) is 12.1 Å². The van der Waals surface area contributed by atoms with Gasteiger partial charge in [0.15, 0.2) is 0 Å². The summed E-state index contributed by atoms with van der Waals surface area (Å²) in [6.07, 6.45) is 11.2. The third-order valence-corrected chi connectivity index (χ3v) is 2.24. The zero-order valence-corrected chi connectivity index (χ0v) is 13.3. The molecule has 0 aliphatic carbocycles. The van der Waals surface area contributed by atoms with Crippen LogP contribution in [0.25, 0.3) is 0 Å². The SMILES string of the molecule is CC(C)n1ccnc1.CC(C)n1ccnc1.O=S(=O)(O)O. The van der Waals surface area contributed by atoms with Crippen molar-refractivity contribution in [2.45, 2.75) is 39.8 Å². The van der Waals surface area contributed by atoms with Crippen LogP contribution < -0.4 is 0 Å². The third kappa shape index (κ3) is 11.8. The molecular formula is C12H22N4O4S. The first-order chi connectivity index (χ1) is 9.61. The van der Waals surface area contributed by atoms with Gasteiger partial charge in [-0.2, -0.15) is 8.42 Å². The second-order valence-corrected chi connectivity index (χ2v) is 5.55. The van der Waals surface area contributed by atoms with E-state index in [1.165, 1.54) is 0 Å². The first-order valence-corrected chi connectivity index (χ1v) is 7.65. The summed E-state index contributed by atoms with van der Waals surface area (Å²) in [6, 6.07) is 1.08. The largest absolute Gasteiger partial charge is 0.394 e. The van der Waals surface area contributed by atoms with Gasteiger partial charge in [0.2, 0.25) is 0 Å². The Labute approximate surface area is 125 Å². The van der Waals surface area contributed by atoms with E-state index in [4.69, 9.17) is 17.5 Å².